The minimum atomic E-state index is 0.346. The Balaban J connectivity index is 1.69. The molecule has 0 saturated carbocycles. The lowest BCUT2D eigenvalue weighted by Gasteiger charge is -2.12. The van der Waals surface area contributed by atoms with Gasteiger partial charge in [0.15, 0.2) is 5.76 Å². The van der Waals surface area contributed by atoms with Gasteiger partial charge in [0.25, 0.3) is 0 Å². The summed E-state index contributed by atoms with van der Waals surface area (Å²) in [5, 5.41) is 1.75. The Morgan fingerprint density at radius 3 is 2.46 bits per heavy atom. The molecule has 4 nitrogen and oxygen atoms in total. The van der Waals surface area contributed by atoms with Crippen molar-refractivity contribution in [3.8, 4) is 5.75 Å². The second-order valence-corrected chi connectivity index (χ2v) is 6.61. The number of halogens is 3. The molecule has 0 aliphatic carbocycles. The van der Waals surface area contributed by atoms with Crippen molar-refractivity contribution in [3.63, 3.8) is 0 Å². The summed E-state index contributed by atoms with van der Waals surface area (Å²) in [5.74, 6) is 1.34. The molecule has 0 atom stereocenters. The van der Waals surface area contributed by atoms with E-state index in [4.69, 9.17) is 44.3 Å². The zero-order valence-electron chi connectivity index (χ0n) is 13.7. The highest BCUT2D eigenvalue weighted by atomic mass is 35.5. The lowest BCUT2D eigenvalue weighted by molar-refractivity contribution is -0.566. The van der Waals surface area contributed by atoms with E-state index in [0.717, 1.165) is 11.3 Å². The van der Waals surface area contributed by atoms with Crippen LogP contribution in [0.1, 0.15) is 5.56 Å². The molecule has 1 N–H and O–H groups in total. The molecule has 0 bridgehead atoms. The maximum absolute atomic E-state index is 6.32. The van der Waals surface area contributed by atoms with E-state index in [0.29, 0.717) is 34.0 Å². The molecule has 3 aromatic rings. The lowest BCUT2D eigenvalue weighted by Crippen LogP contribution is -2.22. The van der Waals surface area contributed by atoms with Gasteiger partial charge in [0.05, 0.1) is 5.02 Å². The summed E-state index contributed by atoms with van der Waals surface area (Å²) in [4.78, 5) is 2.98. The third-order valence-corrected chi connectivity index (χ3v) is 4.25. The Bertz CT molecular complexity index is 878. The SMILES string of the molecule is Clc1ccc(OCCO/C(=C\[n+]2cc[nH]c2)c2ccc(Cl)cc2Cl)cc1. The van der Waals surface area contributed by atoms with Crippen LogP contribution in [0.4, 0.5) is 0 Å². The topological polar surface area (TPSA) is 38.1 Å². The minimum Gasteiger partial charge on any atom is -0.490 e. The van der Waals surface area contributed by atoms with Crippen LogP contribution in [0.3, 0.4) is 0 Å². The van der Waals surface area contributed by atoms with E-state index in [2.05, 4.69) is 4.98 Å². The maximum Gasteiger partial charge on any atom is 0.246 e. The van der Waals surface area contributed by atoms with Crippen LogP contribution in [0, 0.1) is 0 Å². The first-order chi connectivity index (χ1) is 12.6. The maximum atomic E-state index is 6.32. The predicted octanol–water partition coefficient (Wildman–Crippen LogP) is 5.31. The third-order valence-electron chi connectivity index (χ3n) is 3.45. The minimum absolute atomic E-state index is 0.346. The van der Waals surface area contributed by atoms with Gasteiger partial charge in [-0.05, 0) is 42.5 Å². The molecule has 0 amide bonds. The van der Waals surface area contributed by atoms with Crippen LogP contribution in [0.15, 0.2) is 61.2 Å². The van der Waals surface area contributed by atoms with Crippen molar-refractivity contribution in [1.82, 2.24) is 4.98 Å². The van der Waals surface area contributed by atoms with Crippen LogP contribution in [-0.2, 0) is 4.74 Å². The van der Waals surface area contributed by atoms with Gasteiger partial charge in [-0.2, -0.15) is 0 Å². The quantitative estimate of drug-likeness (QED) is 0.325. The first-order valence-electron chi connectivity index (χ1n) is 7.84. The van der Waals surface area contributed by atoms with Crippen LogP contribution >= 0.6 is 34.8 Å². The van der Waals surface area contributed by atoms with Crippen molar-refractivity contribution < 1.29 is 14.0 Å². The number of ether oxygens (including phenoxy) is 2. The molecule has 0 aliphatic rings. The van der Waals surface area contributed by atoms with Gasteiger partial charge >= 0.3 is 0 Å². The highest BCUT2D eigenvalue weighted by Gasteiger charge is 2.11. The lowest BCUT2D eigenvalue weighted by atomic mass is 10.2. The first kappa shape index (κ1) is 18.6. The number of H-pyrrole nitrogens is 1. The molecule has 0 spiro atoms. The van der Waals surface area contributed by atoms with Crippen LogP contribution in [0.2, 0.25) is 15.1 Å². The smallest absolute Gasteiger partial charge is 0.246 e. The summed E-state index contributed by atoms with van der Waals surface area (Å²) in [5.41, 5.74) is 0.747. The van der Waals surface area contributed by atoms with Gasteiger partial charge in [-0.25, -0.2) is 9.55 Å². The van der Waals surface area contributed by atoms with Gasteiger partial charge in [0, 0.05) is 15.6 Å². The molecule has 0 radical (unpaired) electrons. The molecule has 0 unspecified atom stereocenters. The summed E-state index contributed by atoms with van der Waals surface area (Å²) in [6, 6.07) is 12.4. The number of hydrogen-bond donors (Lipinski definition) is 1. The highest BCUT2D eigenvalue weighted by molar-refractivity contribution is 6.35. The molecule has 2 aromatic carbocycles. The fourth-order valence-electron chi connectivity index (χ4n) is 2.23. The van der Waals surface area contributed by atoms with Crippen LogP contribution in [0.5, 0.6) is 5.75 Å². The standard InChI is InChI=1S/C19H15Cl3N2O2/c20-14-1-4-16(5-2-14)25-9-10-26-19(12-24-8-7-23-13-24)17-6-3-15(21)11-18(17)22/h1-8,11-13H,9-10H2/p+1/b19-12-. The van der Waals surface area contributed by atoms with Gasteiger partial charge in [-0.1, -0.05) is 34.8 Å². The van der Waals surface area contributed by atoms with E-state index in [1.807, 2.05) is 35.2 Å². The largest absolute Gasteiger partial charge is 0.490 e. The van der Waals surface area contributed by atoms with Crippen LogP contribution in [-0.4, -0.2) is 18.2 Å². The van der Waals surface area contributed by atoms with E-state index in [1.165, 1.54) is 0 Å². The Morgan fingerprint density at radius 1 is 1.00 bits per heavy atom. The van der Waals surface area contributed by atoms with Gasteiger partial charge in [-0.3, -0.25) is 0 Å². The number of aromatic nitrogens is 2. The van der Waals surface area contributed by atoms with Crippen molar-refractivity contribution in [3.05, 3.63) is 81.8 Å². The summed E-state index contributed by atoms with van der Waals surface area (Å²) in [7, 11) is 0. The number of aromatic amines is 1. The second-order valence-electron chi connectivity index (χ2n) is 5.33. The molecule has 0 aliphatic heterocycles. The number of rotatable bonds is 7. The highest BCUT2D eigenvalue weighted by Crippen LogP contribution is 2.27. The van der Waals surface area contributed by atoms with Crippen LogP contribution in [0.25, 0.3) is 12.0 Å². The molecule has 3 rings (SSSR count). The monoisotopic (exact) mass is 409 g/mol. The van der Waals surface area contributed by atoms with E-state index >= 15 is 0 Å². The average molecular weight is 411 g/mol. The molecule has 7 heteroatoms. The van der Waals surface area contributed by atoms with Crippen molar-refractivity contribution in [2.75, 3.05) is 13.2 Å². The zero-order chi connectivity index (χ0) is 18.4. The van der Waals surface area contributed by atoms with E-state index < -0.39 is 0 Å². The van der Waals surface area contributed by atoms with E-state index in [1.54, 1.807) is 36.8 Å². The van der Waals surface area contributed by atoms with Gasteiger partial charge in [0.2, 0.25) is 6.33 Å². The average Bonchev–Trinajstić information content (AvgIpc) is 3.12. The molecular weight excluding hydrogens is 395 g/mol. The Hall–Kier alpha value is -2.14. The zero-order valence-corrected chi connectivity index (χ0v) is 15.9. The Morgan fingerprint density at radius 2 is 1.77 bits per heavy atom. The number of imidazole rings is 1. The first-order valence-corrected chi connectivity index (χ1v) is 8.97. The van der Waals surface area contributed by atoms with Crippen molar-refractivity contribution in [1.29, 1.82) is 0 Å². The molecule has 26 heavy (non-hydrogen) atoms. The number of hydrogen-bond acceptors (Lipinski definition) is 2. The predicted molar refractivity (Wildman–Crippen MR) is 105 cm³/mol. The van der Waals surface area contributed by atoms with Crippen LogP contribution < -0.4 is 9.30 Å². The van der Waals surface area contributed by atoms with Gasteiger partial charge in [-0.15, -0.1) is 0 Å². The fraction of sp³-hybridized carbons (Fsp3) is 0.105. The molecular formula is C19H16Cl3N2O2+. The van der Waals surface area contributed by atoms with Gasteiger partial charge < -0.3 is 9.47 Å². The van der Waals surface area contributed by atoms with E-state index in [9.17, 15) is 0 Å². The second kappa shape index (κ2) is 8.99. The molecule has 0 saturated heterocycles. The summed E-state index contributed by atoms with van der Waals surface area (Å²) < 4.78 is 13.4. The number of nitrogens with zero attached hydrogens (tertiary/aromatic N) is 1. The molecule has 1 aromatic heterocycles. The van der Waals surface area contributed by atoms with Crippen molar-refractivity contribution >= 4 is 46.8 Å². The third kappa shape index (κ3) is 5.18. The molecule has 134 valence electrons. The normalized spacial score (nSPS) is 11.4. The summed E-state index contributed by atoms with van der Waals surface area (Å²) in [6.45, 7) is 0.723. The van der Waals surface area contributed by atoms with Crippen molar-refractivity contribution in [2.24, 2.45) is 0 Å². The number of nitrogens with one attached hydrogen (secondary N) is 1. The Kier molecular flexibility index (Phi) is 6.45. The summed E-state index contributed by atoms with van der Waals surface area (Å²) >= 11 is 18.2. The van der Waals surface area contributed by atoms with Crippen molar-refractivity contribution in [2.45, 2.75) is 0 Å². The number of benzene rings is 2. The van der Waals surface area contributed by atoms with Gasteiger partial charge in [0.1, 0.15) is 37.6 Å². The Labute approximate surface area is 166 Å². The molecule has 0 fully saturated rings. The van der Waals surface area contributed by atoms with E-state index in [-0.39, 0.29) is 0 Å². The fourth-order valence-corrected chi connectivity index (χ4v) is 2.86. The summed E-state index contributed by atoms with van der Waals surface area (Å²) in [6.07, 6.45) is 7.28. The molecule has 1 heterocycles.